The van der Waals surface area contributed by atoms with Crippen LogP contribution < -0.4 is 5.32 Å². The van der Waals surface area contributed by atoms with Crippen LogP contribution in [0.4, 0.5) is 0 Å². The standard InChI is InChI=1S/C14H16N2/c1-14(6-7-14)16-10-11-4-5-13-12(9-11)3-2-8-15-13/h2-5,8-9,16H,6-7,10H2,1H3. The number of benzene rings is 1. The number of hydrogen-bond acceptors (Lipinski definition) is 2. The lowest BCUT2D eigenvalue weighted by atomic mass is 10.1. The average molecular weight is 212 g/mol. The van der Waals surface area contributed by atoms with Crippen LogP contribution in [0.15, 0.2) is 36.5 Å². The topological polar surface area (TPSA) is 24.9 Å². The summed E-state index contributed by atoms with van der Waals surface area (Å²) in [6, 6.07) is 10.6. The Morgan fingerprint density at radius 2 is 2.19 bits per heavy atom. The second-order valence-electron chi connectivity index (χ2n) is 4.94. The zero-order chi connectivity index (χ0) is 11.0. The van der Waals surface area contributed by atoms with Gasteiger partial charge in [-0.3, -0.25) is 4.98 Å². The molecule has 0 radical (unpaired) electrons. The Kier molecular flexibility index (Phi) is 2.18. The van der Waals surface area contributed by atoms with E-state index < -0.39 is 0 Å². The summed E-state index contributed by atoms with van der Waals surface area (Å²) in [5, 5.41) is 4.82. The number of hydrogen-bond donors (Lipinski definition) is 1. The van der Waals surface area contributed by atoms with Gasteiger partial charge in [0.15, 0.2) is 0 Å². The van der Waals surface area contributed by atoms with Gasteiger partial charge in [0.25, 0.3) is 0 Å². The predicted octanol–water partition coefficient (Wildman–Crippen LogP) is 2.88. The zero-order valence-corrected chi connectivity index (χ0v) is 9.53. The van der Waals surface area contributed by atoms with Gasteiger partial charge in [-0.2, -0.15) is 0 Å². The summed E-state index contributed by atoms with van der Waals surface area (Å²) in [5.41, 5.74) is 2.82. The molecule has 0 unspecified atom stereocenters. The molecule has 1 aromatic carbocycles. The van der Waals surface area contributed by atoms with Gasteiger partial charge in [-0.15, -0.1) is 0 Å². The molecule has 1 aromatic heterocycles. The lowest BCUT2D eigenvalue weighted by molar-refractivity contribution is 0.538. The minimum Gasteiger partial charge on any atom is -0.307 e. The third kappa shape index (κ3) is 1.93. The molecule has 2 aromatic rings. The van der Waals surface area contributed by atoms with Crippen molar-refractivity contribution >= 4 is 10.9 Å². The van der Waals surface area contributed by atoms with Gasteiger partial charge in [-0.25, -0.2) is 0 Å². The molecule has 82 valence electrons. The van der Waals surface area contributed by atoms with Crippen molar-refractivity contribution in [2.45, 2.75) is 31.8 Å². The third-order valence-electron chi connectivity index (χ3n) is 3.39. The van der Waals surface area contributed by atoms with E-state index in [0.717, 1.165) is 12.1 Å². The number of nitrogens with one attached hydrogen (secondary N) is 1. The second kappa shape index (κ2) is 3.56. The van der Waals surface area contributed by atoms with E-state index in [2.05, 4.69) is 41.5 Å². The maximum atomic E-state index is 4.32. The Labute approximate surface area is 95.7 Å². The van der Waals surface area contributed by atoms with Crippen molar-refractivity contribution in [3.8, 4) is 0 Å². The fourth-order valence-electron chi connectivity index (χ4n) is 1.91. The molecule has 1 fully saturated rings. The van der Waals surface area contributed by atoms with E-state index in [9.17, 15) is 0 Å². The van der Waals surface area contributed by atoms with E-state index in [1.807, 2.05) is 12.3 Å². The van der Waals surface area contributed by atoms with Crippen LogP contribution >= 0.6 is 0 Å². The SMILES string of the molecule is CC1(NCc2ccc3ncccc3c2)CC1. The number of aromatic nitrogens is 1. The highest BCUT2D eigenvalue weighted by atomic mass is 15.0. The van der Waals surface area contributed by atoms with Crippen molar-refractivity contribution in [3.05, 3.63) is 42.1 Å². The molecular weight excluding hydrogens is 196 g/mol. The van der Waals surface area contributed by atoms with E-state index in [-0.39, 0.29) is 0 Å². The van der Waals surface area contributed by atoms with E-state index in [0.29, 0.717) is 5.54 Å². The van der Waals surface area contributed by atoms with Gasteiger partial charge in [0.2, 0.25) is 0 Å². The Morgan fingerprint density at radius 1 is 1.31 bits per heavy atom. The van der Waals surface area contributed by atoms with Crippen molar-refractivity contribution in [3.63, 3.8) is 0 Å². The van der Waals surface area contributed by atoms with Gasteiger partial charge >= 0.3 is 0 Å². The van der Waals surface area contributed by atoms with Crippen molar-refractivity contribution in [1.29, 1.82) is 0 Å². The summed E-state index contributed by atoms with van der Waals surface area (Å²) in [7, 11) is 0. The van der Waals surface area contributed by atoms with Crippen molar-refractivity contribution < 1.29 is 0 Å². The molecule has 0 amide bonds. The van der Waals surface area contributed by atoms with Crippen LogP contribution in [0.5, 0.6) is 0 Å². The van der Waals surface area contributed by atoms with Crippen LogP contribution in [0.3, 0.4) is 0 Å². The molecule has 3 rings (SSSR count). The van der Waals surface area contributed by atoms with E-state index in [1.54, 1.807) is 0 Å². The van der Waals surface area contributed by atoms with E-state index in [1.165, 1.54) is 23.8 Å². The number of rotatable bonds is 3. The van der Waals surface area contributed by atoms with Crippen LogP contribution in [0.1, 0.15) is 25.3 Å². The fourth-order valence-corrected chi connectivity index (χ4v) is 1.91. The van der Waals surface area contributed by atoms with Crippen LogP contribution in [0.2, 0.25) is 0 Å². The predicted molar refractivity (Wildman–Crippen MR) is 66.2 cm³/mol. The lowest BCUT2D eigenvalue weighted by Gasteiger charge is -2.11. The van der Waals surface area contributed by atoms with Gasteiger partial charge in [0.05, 0.1) is 5.52 Å². The first-order valence-electron chi connectivity index (χ1n) is 5.84. The Bertz CT molecular complexity index is 515. The molecule has 0 atom stereocenters. The highest BCUT2D eigenvalue weighted by Crippen LogP contribution is 2.34. The highest BCUT2D eigenvalue weighted by Gasteiger charge is 2.36. The summed E-state index contributed by atoms with van der Waals surface area (Å²) in [6.07, 6.45) is 4.45. The van der Waals surface area contributed by atoms with E-state index in [4.69, 9.17) is 0 Å². The average Bonchev–Trinajstić information content (AvgIpc) is 3.05. The quantitative estimate of drug-likeness (QED) is 0.846. The number of fused-ring (bicyclic) bond motifs is 1. The van der Waals surface area contributed by atoms with Gasteiger partial charge in [0.1, 0.15) is 0 Å². The molecule has 1 N–H and O–H groups in total. The zero-order valence-electron chi connectivity index (χ0n) is 9.53. The Balaban J connectivity index is 1.81. The van der Waals surface area contributed by atoms with Crippen LogP contribution in [0, 0.1) is 0 Å². The first-order valence-corrected chi connectivity index (χ1v) is 5.84. The molecule has 1 heterocycles. The summed E-state index contributed by atoms with van der Waals surface area (Å²) in [5.74, 6) is 0. The van der Waals surface area contributed by atoms with Crippen LogP contribution in [-0.2, 0) is 6.54 Å². The molecule has 1 saturated carbocycles. The summed E-state index contributed by atoms with van der Waals surface area (Å²) >= 11 is 0. The van der Waals surface area contributed by atoms with Gasteiger partial charge < -0.3 is 5.32 Å². The molecule has 0 aliphatic heterocycles. The number of pyridine rings is 1. The first-order chi connectivity index (χ1) is 7.75. The Hall–Kier alpha value is -1.41. The van der Waals surface area contributed by atoms with Gasteiger partial charge in [0, 0.05) is 23.7 Å². The molecule has 0 saturated heterocycles. The normalized spacial score (nSPS) is 17.6. The molecule has 16 heavy (non-hydrogen) atoms. The molecule has 2 heteroatoms. The number of nitrogens with zero attached hydrogens (tertiary/aromatic N) is 1. The van der Waals surface area contributed by atoms with Gasteiger partial charge in [-0.1, -0.05) is 12.1 Å². The fraction of sp³-hybridized carbons (Fsp3) is 0.357. The van der Waals surface area contributed by atoms with Crippen molar-refractivity contribution in [1.82, 2.24) is 10.3 Å². The maximum absolute atomic E-state index is 4.32. The molecule has 0 bridgehead atoms. The minimum absolute atomic E-state index is 0.407. The summed E-state index contributed by atoms with van der Waals surface area (Å²) < 4.78 is 0. The van der Waals surface area contributed by atoms with Crippen molar-refractivity contribution in [2.75, 3.05) is 0 Å². The highest BCUT2D eigenvalue weighted by molar-refractivity contribution is 5.78. The lowest BCUT2D eigenvalue weighted by Crippen LogP contribution is -2.26. The maximum Gasteiger partial charge on any atom is 0.0702 e. The minimum atomic E-state index is 0.407. The third-order valence-corrected chi connectivity index (χ3v) is 3.39. The molecule has 1 aliphatic carbocycles. The van der Waals surface area contributed by atoms with Crippen LogP contribution in [0.25, 0.3) is 10.9 Å². The summed E-state index contributed by atoms with van der Waals surface area (Å²) in [6.45, 7) is 3.25. The van der Waals surface area contributed by atoms with Crippen LogP contribution in [-0.4, -0.2) is 10.5 Å². The largest absolute Gasteiger partial charge is 0.307 e. The van der Waals surface area contributed by atoms with Crippen molar-refractivity contribution in [2.24, 2.45) is 0 Å². The second-order valence-corrected chi connectivity index (χ2v) is 4.94. The molecular formula is C14H16N2. The summed E-state index contributed by atoms with van der Waals surface area (Å²) in [4.78, 5) is 4.32. The first kappa shape index (κ1) is 9.79. The monoisotopic (exact) mass is 212 g/mol. The van der Waals surface area contributed by atoms with Gasteiger partial charge in [-0.05, 0) is 43.5 Å². The van der Waals surface area contributed by atoms with E-state index >= 15 is 0 Å². The smallest absolute Gasteiger partial charge is 0.0702 e. The molecule has 1 aliphatic rings. The Morgan fingerprint density at radius 3 is 3.00 bits per heavy atom. The molecule has 0 spiro atoms. The molecule has 2 nitrogen and oxygen atoms in total.